The zero-order chi connectivity index (χ0) is 14.7. The molecule has 0 amide bonds. The summed E-state index contributed by atoms with van der Waals surface area (Å²) in [6.07, 6.45) is 0. The van der Waals surface area contributed by atoms with Crippen LogP contribution in [-0.4, -0.2) is 11.1 Å². The topological polar surface area (TPSA) is 61.1 Å². The Bertz CT molecular complexity index is 717. The van der Waals surface area contributed by atoms with Crippen LogP contribution in [-0.2, 0) is 0 Å². The minimum atomic E-state index is -0.935. The third kappa shape index (κ3) is 3.01. The van der Waals surface area contributed by atoms with Crippen LogP contribution < -0.4 is 0 Å². The van der Waals surface area contributed by atoms with Gasteiger partial charge in [0.15, 0.2) is 0 Å². The van der Waals surface area contributed by atoms with Gasteiger partial charge in [-0.2, -0.15) is 5.26 Å². The van der Waals surface area contributed by atoms with Crippen molar-refractivity contribution in [3.63, 3.8) is 0 Å². The molecule has 0 aliphatic heterocycles. The summed E-state index contributed by atoms with van der Waals surface area (Å²) in [7, 11) is 0. The number of nitrogens with zero attached hydrogens (tertiary/aromatic N) is 1. The average Bonchev–Trinajstić information content (AvgIpc) is 2.41. The van der Waals surface area contributed by atoms with Gasteiger partial charge in [0.1, 0.15) is 6.07 Å². The number of benzene rings is 2. The number of carboxylic acid groups (broad SMARTS) is 1. The Kier molecular flexibility index (Phi) is 4.11. The van der Waals surface area contributed by atoms with Gasteiger partial charge in [-0.3, -0.25) is 0 Å². The number of nitriles is 1. The van der Waals surface area contributed by atoms with Crippen LogP contribution in [0, 0.1) is 25.2 Å². The van der Waals surface area contributed by atoms with E-state index in [1.165, 1.54) is 11.8 Å². The Morgan fingerprint density at radius 1 is 1.20 bits per heavy atom. The molecular formula is C16H13NO2S. The van der Waals surface area contributed by atoms with Gasteiger partial charge >= 0.3 is 5.97 Å². The van der Waals surface area contributed by atoms with Gasteiger partial charge in [-0.05, 0) is 49.2 Å². The number of hydrogen-bond acceptors (Lipinski definition) is 3. The lowest BCUT2D eigenvalue weighted by atomic mass is 10.1. The highest BCUT2D eigenvalue weighted by Crippen LogP contribution is 2.32. The SMILES string of the molecule is Cc1ccc(C#N)c(Sc2ccc(C)c(C(=O)O)c2)c1. The van der Waals surface area contributed by atoms with Crippen LogP contribution in [0.2, 0.25) is 0 Å². The fourth-order valence-corrected chi connectivity index (χ4v) is 2.86. The van der Waals surface area contributed by atoms with E-state index in [9.17, 15) is 4.79 Å². The van der Waals surface area contributed by atoms with E-state index in [-0.39, 0.29) is 0 Å². The van der Waals surface area contributed by atoms with Crippen LogP contribution in [0.4, 0.5) is 0 Å². The van der Waals surface area contributed by atoms with Crippen LogP contribution in [0.1, 0.15) is 27.0 Å². The largest absolute Gasteiger partial charge is 0.478 e. The molecule has 0 aromatic heterocycles. The standard InChI is InChI=1S/C16H13NO2S/c1-10-3-5-12(9-17)15(7-10)20-13-6-4-11(2)14(8-13)16(18)19/h3-8H,1-2H3,(H,18,19). The van der Waals surface area contributed by atoms with E-state index in [2.05, 4.69) is 6.07 Å². The van der Waals surface area contributed by atoms with E-state index in [0.717, 1.165) is 20.9 Å². The van der Waals surface area contributed by atoms with Crippen LogP contribution >= 0.6 is 11.8 Å². The maximum absolute atomic E-state index is 11.1. The highest BCUT2D eigenvalue weighted by molar-refractivity contribution is 7.99. The predicted molar refractivity (Wildman–Crippen MR) is 78.2 cm³/mol. The molecule has 0 saturated heterocycles. The minimum absolute atomic E-state index is 0.293. The molecule has 2 aromatic carbocycles. The summed E-state index contributed by atoms with van der Waals surface area (Å²) in [5.74, 6) is -0.935. The molecule has 0 aliphatic rings. The Morgan fingerprint density at radius 2 is 1.95 bits per heavy atom. The maximum Gasteiger partial charge on any atom is 0.335 e. The van der Waals surface area contributed by atoms with Gasteiger partial charge in [-0.1, -0.05) is 23.9 Å². The molecule has 4 heteroatoms. The van der Waals surface area contributed by atoms with Crippen molar-refractivity contribution < 1.29 is 9.90 Å². The van der Waals surface area contributed by atoms with Gasteiger partial charge < -0.3 is 5.11 Å². The Labute approximate surface area is 121 Å². The molecule has 2 aromatic rings. The smallest absolute Gasteiger partial charge is 0.335 e. The molecule has 20 heavy (non-hydrogen) atoms. The molecule has 0 saturated carbocycles. The molecule has 0 bridgehead atoms. The molecule has 3 nitrogen and oxygen atoms in total. The van der Waals surface area contributed by atoms with Gasteiger partial charge in [0, 0.05) is 9.79 Å². The Hall–Kier alpha value is -2.25. The summed E-state index contributed by atoms with van der Waals surface area (Å²) in [6.45, 7) is 3.73. The summed E-state index contributed by atoms with van der Waals surface area (Å²) in [6, 6.07) is 13.1. The lowest BCUT2D eigenvalue weighted by molar-refractivity contribution is 0.0696. The summed E-state index contributed by atoms with van der Waals surface area (Å²) >= 11 is 1.41. The van der Waals surface area contributed by atoms with E-state index in [0.29, 0.717) is 11.1 Å². The quantitative estimate of drug-likeness (QED) is 0.924. The van der Waals surface area contributed by atoms with E-state index in [1.807, 2.05) is 25.1 Å². The van der Waals surface area contributed by atoms with Crippen LogP contribution in [0.5, 0.6) is 0 Å². The summed E-state index contributed by atoms with van der Waals surface area (Å²) in [5, 5.41) is 18.3. The van der Waals surface area contributed by atoms with Crippen molar-refractivity contribution in [2.45, 2.75) is 23.6 Å². The zero-order valence-corrected chi connectivity index (χ0v) is 12.0. The minimum Gasteiger partial charge on any atom is -0.478 e. The first-order valence-corrected chi connectivity index (χ1v) is 6.85. The molecule has 2 rings (SSSR count). The van der Waals surface area contributed by atoms with Crippen molar-refractivity contribution in [3.05, 3.63) is 58.7 Å². The number of aryl methyl sites for hydroxylation is 2. The van der Waals surface area contributed by atoms with Crippen molar-refractivity contribution in [1.29, 1.82) is 5.26 Å². The third-order valence-electron chi connectivity index (χ3n) is 2.92. The molecule has 100 valence electrons. The monoisotopic (exact) mass is 283 g/mol. The van der Waals surface area contributed by atoms with Crippen LogP contribution in [0.3, 0.4) is 0 Å². The van der Waals surface area contributed by atoms with Crippen molar-refractivity contribution in [3.8, 4) is 6.07 Å². The highest BCUT2D eigenvalue weighted by Gasteiger charge is 2.10. The number of aromatic carboxylic acids is 1. The summed E-state index contributed by atoms with van der Waals surface area (Å²) in [5.41, 5.74) is 2.68. The highest BCUT2D eigenvalue weighted by atomic mass is 32.2. The predicted octanol–water partition coefficient (Wildman–Crippen LogP) is 4.02. The fraction of sp³-hybridized carbons (Fsp3) is 0.125. The number of carboxylic acids is 1. The first-order valence-electron chi connectivity index (χ1n) is 6.04. The molecule has 1 N–H and O–H groups in total. The van der Waals surface area contributed by atoms with Crippen LogP contribution in [0.15, 0.2) is 46.2 Å². The zero-order valence-electron chi connectivity index (χ0n) is 11.2. The lowest BCUT2D eigenvalue weighted by Gasteiger charge is -2.07. The van der Waals surface area contributed by atoms with Gasteiger partial charge in [0.05, 0.1) is 11.1 Å². The van der Waals surface area contributed by atoms with E-state index >= 15 is 0 Å². The number of rotatable bonds is 3. The third-order valence-corrected chi connectivity index (χ3v) is 3.97. The summed E-state index contributed by atoms with van der Waals surface area (Å²) in [4.78, 5) is 12.8. The first-order chi connectivity index (χ1) is 9.51. The molecule has 0 spiro atoms. The van der Waals surface area contributed by atoms with Gasteiger partial charge in [0.25, 0.3) is 0 Å². The van der Waals surface area contributed by atoms with Crippen molar-refractivity contribution in [1.82, 2.24) is 0 Å². The molecule has 0 fully saturated rings. The van der Waals surface area contributed by atoms with E-state index in [1.54, 1.807) is 25.1 Å². The van der Waals surface area contributed by atoms with E-state index in [4.69, 9.17) is 10.4 Å². The van der Waals surface area contributed by atoms with Gasteiger partial charge in [0.2, 0.25) is 0 Å². The summed E-state index contributed by atoms with van der Waals surface area (Å²) < 4.78 is 0. The Balaban J connectivity index is 2.40. The molecular weight excluding hydrogens is 270 g/mol. The molecule has 0 atom stereocenters. The Morgan fingerprint density at radius 3 is 2.60 bits per heavy atom. The molecule has 0 unspecified atom stereocenters. The average molecular weight is 283 g/mol. The van der Waals surface area contributed by atoms with E-state index < -0.39 is 5.97 Å². The second kappa shape index (κ2) is 5.81. The van der Waals surface area contributed by atoms with Crippen molar-refractivity contribution in [2.75, 3.05) is 0 Å². The second-order valence-corrected chi connectivity index (χ2v) is 5.61. The van der Waals surface area contributed by atoms with Crippen molar-refractivity contribution >= 4 is 17.7 Å². The van der Waals surface area contributed by atoms with Crippen LogP contribution in [0.25, 0.3) is 0 Å². The maximum atomic E-state index is 11.1. The molecule has 0 heterocycles. The lowest BCUT2D eigenvalue weighted by Crippen LogP contribution is -1.99. The number of hydrogen-bond donors (Lipinski definition) is 1. The van der Waals surface area contributed by atoms with Gasteiger partial charge in [-0.25, -0.2) is 4.79 Å². The molecule has 0 aliphatic carbocycles. The first kappa shape index (κ1) is 14.2. The van der Waals surface area contributed by atoms with Crippen molar-refractivity contribution in [2.24, 2.45) is 0 Å². The molecule has 0 radical (unpaired) electrons. The normalized spacial score (nSPS) is 10.1. The fourth-order valence-electron chi connectivity index (χ4n) is 1.83. The van der Waals surface area contributed by atoms with Gasteiger partial charge in [-0.15, -0.1) is 0 Å². The number of carbonyl (C=O) groups is 1. The second-order valence-electron chi connectivity index (χ2n) is 4.50.